The molecule has 1 aromatic carbocycles. The Morgan fingerprint density at radius 2 is 1.96 bits per heavy atom. The van der Waals surface area contributed by atoms with Gasteiger partial charge < -0.3 is 9.15 Å². The molecule has 0 spiro atoms. The van der Waals surface area contributed by atoms with Gasteiger partial charge in [-0.05, 0) is 56.7 Å². The minimum Gasteiger partial charge on any atom is -0.491 e. The zero-order valence-corrected chi connectivity index (χ0v) is 16.1. The Morgan fingerprint density at radius 3 is 2.60 bits per heavy atom. The number of hydrogen-bond donors (Lipinski definition) is 0. The van der Waals surface area contributed by atoms with Gasteiger partial charge in [-0.1, -0.05) is 0 Å². The van der Waals surface area contributed by atoms with Crippen molar-refractivity contribution in [3.8, 4) is 5.75 Å². The molecule has 5 nitrogen and oxygen atoms in total. The van der Waals surface area contributed by atoms with Gasteiger partial charge in [0.05, 0.1) is 22.5 Å². The SMILES string of the molecule is CC(C)Oc1ccc(S(=O)(=O)N2CCSC(c3ccco3)CC2)cc1. The summed E-state index contributed by atoms with van der Waals surface area (Å²) in [6.07, 6.45) is 2.46. The molecule has 1 fully saturated rings. The van der Waals surface area contributed by atoms with Crippen molar-refractivity contribution in [3.63, 3.8) is 0 Å². The third kappa shape index (κ3) is 4.40. The van der Waals surface area contributed by atoms with Gasteiger partial charge in [-0.15, -0.1) is 11.8 Å². The molecule has 7 heteroatoms. The Hall–Kier alpha value is -1.44. The minimum absolute atomic E-state index is 0.0589. The molecule has 1 aliphatic heterocycles. The van der Waals surface area contributed by atoms with Gasteiger partial charge in [-0.25, -0.2) is 8.42 Å². The van der Waals surface area contributed by atoms with Crippen LogP contribution in [-0.4, -0.2) is 37.7 Å². The summed E-state index contributed by atoms with van der Waals surface area (Å²) in [5, 5.41) is 0.206. The Kier molecular flexibility index (Phi) is 5.76. The summed E-state index contributed by atoms with van der Waals surface area (Å²) >= 11 is 1.75. The molecule has 0 radical (unpaired) electrons. The van der Waals surface area contributed by atoms with Crippen LogP contribution in [0.15, 0.2) is 52.0 Å². The monoisotopic (exact) mass is 381 g/mol. The topological polar surface area (TPSA) is 59.8 Å². The first-order chi connectivity index (χ1) is 12.0. The Bertz CT molecular complexity index is 770. The Labute approximate surface area is 153 Å². The second-order valence-electron chi connectivity index (χ2n) is 6.21. The van der Waals surface area contributed by atoms with Gasteiger partial charge >= 0.3 is 0 Å². The number of hydrogen-bond acceptors (Lipinski definition) is 5. The second kappa shape index (κ2) is 7.85. The molecule has 1 saturated heterocycles. The molecule has 0 amide bonds. The lowest BCUT2D eigenvalue weighted by molar-refractivity contribution is 0.242. The molecule has 1 aromatic heterocycles. The van der Waals surface area contributed by atoms with E-state index in [1.807, 2.05) is 26.0 Å². The molecule has 0 bridgehead atoms. The molecule has 2 heterocycles. The molecule has 0 saturated carbocycles. The smallest absolute Gasteiger partial charge is 0.243 e. The van der Waals surface area contributed by atoms with Crippen LogP contribution in [0, 0.1) is 0 Å². The van der Waals surface area contributed by atoms with Crippen molar-refractivity contribution in [2.24, 2.45) is 0 Å². The Balaban J connectivity index is 1.71. The summed E-state index contributed by atoms with van der Waals surface area (Å²) in [4.78, 5) is 0.310. The van der Waals surface area contributed by atoms with Gasteiger partial charge in [0.25, 0.3) is 0 Å². The van der Waals surface area contributed by atoms with Crippen LogP contribution < -0.4 is 4.74 Å². The van der Waals surface area contributed by atoms with Crippen molar-refractivity contribution in [1.82, 2.24) is 4.31 Å². The summed E-state index contributed by atoms with van der Waals surface area (Å²) in [7, 11) is -3.49. The fourth-order valence-corrected chi connectivity index (χ4v) is 5.56. The quantitative estimate of drug-likeness (QED) is 0.785. The molecule has 2 aromatic rings. The highest BCUT2D eigenvalue weighted by atomic mass is 32.2. The molecule has 25 heavy (non-hydrogen) atoms. The Morgan fingerprint density at radius 1 is 1.20 bits per heavy atom. The number of furan rings is 1. The van der Waals surface area contributed by atoms with E-state index in [1.54, 1.807) is 46.6 Å². The van der Waals surface area contributed by atoms with Gasteiger partial charge in [-0.2, -0.15) is 4.31 Å². The van der Waals surface area contributed by atoms with Crippen molar-refractivity contribution < 1.29 is 17.6 Å². The van der Waals surface area contributed by atoms with Crippen LogP contribution in [0.5, 0.6) is 5.75 Å². The molecular formula is C18H23NO4S2. The lowest BCUT2D eigenvalue weighted by Gasteiger charge is -2.20. The lowest BCUT2D eigenvalue weighted by Crippen LogP contribution is -2.33. The normalized spacial score (nSPS) is 19.7. The number of ether oxygens (including phenoxy) is 1. The van der Waals surface area contributed by atoms with Crippen LogP contribution >= 0.6 is 11.8 Å². The van der Waals surface area contributed by atoms with Crippen LogP contribution in [0.3, 0.4) is 0 Å². The summed E-state index contributed by atoms with van der Waals surface area (Å²) in [5.74, 6) is 2.34. The standard InChI is InChI=1S/C18H23NO4S2/c1-14(2)23-15-5-7-16(8-6-15)25(20,21)19-10-9-18(24-13-11-19)17-4-3-12-22-17/h3-8,12,14,18H,9-11,13H2,1-2H3. The van der Waals surface area contributed by atoms with Crippen molar-refractivity contribution >= 4 is 21.8 Å². The highest BCUT2D eigenvalue weighted by Crippen LogP contribution is 2.35. The van der Waals surface area contributed by atoms with Gasteiger partial charge in [0.1, 0.15) is 11.5 Å². The predicted octanol–water partition coefficient (Wildman–Crippen LogP) is 3.94. The van der Waals surface area contributed by atoms with E-state index in [2.05, 4.69) is 0 Å². The molecular weight excluding hydrogens is 358 g/mol. The van der Waals surface area contributed by atoms with Gasteiger partial charge in [0.2, 0.25) is 10.0 Å². The maximum absolute atomic E-state index is 12.9. The summed E-state index contributed by atoms with van der Waals surface area (Å²) in [5.41, 5.74) is 0. The van der Waals surface area contributed by atoms with Crippen molar-refractivity contribution in [2.45, 2.75) is 36.5 Å². The van der Waals surface area contributed by atoms with Crippen molar-refractivity contribution in [2.75, 3.05) is 18.8 Å². The van der Waals surface area contributed by atoms with Gasteiger partial charge in [0.15, 0.2) is 0 Å². The van der Waals surface area contributed by atoms with Crippen LogP contribution in [0.4, 0.5) is 0 Å². The average Bonchev–Trinajstić information content (AvgIpc) is 2.99. The predicted molar refractivity (Wildman–Crippen MR) is 99.5 cm³/mol. The fraction of sp³-hybridized carbons (Fsp3) is 0.444. The molecule has 3 rings (SSSR count). The van der Waals surface area contributed by atoms with E-state index >= 15 is 0 Å². The van der Waals surface area contributed by atoms with Crippen LogP contribution in [-0.2, 0) is 10.0 Å². The number of rotatable bonds is 5. The van der Waals surface area contributed by atoms with E-state index in [4.69, 9.17) is 9.15 Å². The van der Waals surface area contributed by atoms with Crippen molar-refractivity contribution in [1.29, 1.82) is 0 Å². The molecule has 0 N–H and O–H groups in total. The molecule has 1 unspecified atom stereocenters. The summed E-state index contributed by atoms with van der Waals surface area (Å²) in [6, 6.07) is 10.5. The van der Waals surface area contributed by atoms with E-state index in [0.717, 1.165) is 17.9 Å². The third-order valence-electron chi connectivity index (χ3n) is 3.99. The van der Waals surface area contributed by atoms with Crippen LogP contribution in [0.2, 0.25) is 0 Å². The fourth-order valence-electron chi connectivity index (χ4n) is 2.80. The van der Waals surface area contributed by atoms with Crippen LogP contribution in [0.25, 0.3) is 0 Å². The first kappa shape index (κ1) is 18.4. The van der Waals surface area contributed by atoms with Crippen LogP contribution in [0.1, 0.15) is 31.3 Å². The third-order valence-corrected chi connectivity index (χ3v) is 7.20. The second-order valence-corrected chi connectivity index (χ2v) is 9.45. The van der Waals surface area contributed by atoms with Crippen molar-refractivity contribution in [3.05, 3.63) is 48.4 Å². The first-order valence-corrected chi connectivity index (χ1v) is 10.9. The number of sulfonamides is 1. The van der Waals surface area contributed by atoms with E-state index in [9.17, 15) is 8.42 Å². The summed E-state index contributed by atoms with van der Waals surface area (Å²) < 4.78 is 38.5. The number of benzene rings is 1. The molecule has 1 atom stereocenters. The summed E-state index contributed by atoms with van der Waals surface area (Å²) in [6.45, 7) is 4.88. The van der Waals surface area contributed by atoms with Gasteiger partial charge in [-0.3, -0.25) is 0 Å². The van der Waals surface area contributed by atoms with E-state index in [0.29, 0.717) is 23.7 Å². The minimum atomic E-state index is -3.49. The maximum Gasteiger partial charge on any atom is 0.243 e. The van der Waals surface area contributed by atoms with E-state index in [1.165, 1.54) is 0 Å². The first-order valence-electron chi connectivity index (χ1n) is 8.38. The molecule has 136 valence electrons. The zero-order chi connectivity index (χ0) is 17.9. The highest BCUT2D eigenvalue weighted by Gasteiger charge is 2.29. The van der Waals surface area contributed by atoms with E-state index < -0.39 is 10.0 Å². The highest BCUT2D eigenvalue weighted by molar-refractivity contribution is 7.99. The number of nitrogens with zero attached hydrogens (tertiary/aromatic N) is 1. The largest absolute Gasteiger partial charge is 0.491 e. The van der Waals surface area contributed by atoms with Gasteiger partial charge in [0, 0.05) is 18.8 Å². The number of thioether (sulfide) groups is 1. The van der Waals surface area contributed by atoms with E-state index in [-0.39, 0.29) is 11.4 Å². The lowest BCUT2D eigenvalue weighted by atomic mass is 10.2. The maximum atomic E-state index is 12.9. The molecule has 1 aliphatic rings. The zero-order valence-electron chi connectivity index (χ0n) is 14.4. The molecule has 0 aliphatic carbocycles. The average molecular weight is 382 g/mol.